The molecule has 2 rings (SSSR count). The monoisotopic (exact) mass is 137 g/mol. The second-order valence-electron chi connectivity index (χ2n) is 3.51. The molecule has 0 amide bonds. The highest BCUT2D eigenvalue weighted by Gasteiger charge is 2.30. The molecule has 1 nitrogen and oxygen atoms in total. The van der Waals surface area contributed by atoms with E-state index in [9.17, 15) is 0 Å². The van der Waals surface area contributed by atoms with Crippen LogP contribution in [0.1, 0.15) is 19.3 Å². The van der Waals surface area contributed by atoms with Crippen LogP contribution in [0.2, 0.25) is 0 Å². The van der Waals surface area contributed by atoms with Crippen LogP contribution in [0.5, 0.6) is 0 Å². The fourth-order valence-corrected chi connectivity index (χ4v) is 2.23. The molecular weight excluding hydrogens is 122 g/mol. The van der Waals surface area contributed by atoms with Gasteiger partial charge < -0.3 is 4.90 Å². The molecule has 0 bridgehead atoms. The summed E-state index contributed by atoms with van der Waals surface area (Å²) in [6.45, 7) is 1.31. The molecule has 0 N–H and O–H groups in total. The van der Waals surface area contributed by atoms with Gasteiger partial charge in [0, 0.05) is 6.04 Å². The molecule has 1 aliphatic heterocycles. The van der Waals surface area contributed by atoms with Crippen molar-refractivity contribution in [3.05, 3.63) is 12.2 Å². The highest BCUT2D eigenvalue weighted by Crippen LogP contribution is 2.30. The lowest BCUT2D eigenvalue weighted by Gasteiger charge is -2.25. The molecule has 56 valence electrons. The molecule has 1 saturated heterocycles. The Morgan fingerprint density at radius 1 is 1.40 bits per heavy atom. The first-order chi connectivity index (χ1) is 4.88. The molecule has 1 fully saturated rings. The molecule has 2 atom stereocenters. The maximum Gasteiger partial charge on any atom is 0.0158 e. The predicted molar refractivity (Wildman–Crippen MR) is 42.9 cm³/mol. The van der Waals surface area contributed by atoms with Crippen molar-refractivity contribution in [3.63, 3.8) is 0 Å². The summed E-state index contributed by atoms with van der Waals surface area (Å²) in [7, 11) is 2.25. The van der Waals surface area contributed by atoms with Gasteiger partial charge in [0.25, 0.3) is 0 Å². The summed E-state index contributed by atoms with van der Waals surface area (Å²) in [6.07, 6.45) is 8.83. The minimum atomic E-state index is 0.880. The Bertz CT molecular complexity index is 151. The maximum absolute atomic E-state index is 2.51. The molecule has 0 aromatic carbocycles. The summed E-state index contributed by atoms with van der Waals surface area (Å²) in [5.41, 5.74) is 0. The van der Waals surface area contributed by atoms with Crippen molar-refractivity contribution in [2.45, 2.75) is 25.3 Å². The second-order valence-corrected chi connectivity index (χ2v) is 3.51. The van der Waals surface area contributed by atoms with Crippen molar-refractivity contribution < 1.29 is 0 Å². The van der Waals surface area contributed by atoms with E-state index in [1.807, 2.05) is 0 Å². The number of nitrogens with zero attached hydrogens (tertiary/aromatic N) is 1. The van der Waals surface area contributed by atoms with Crippen LogP contribution in [0.15, 0.2) is 12.2 Å². The zero-order valence-corrected chi connectivity index (χ0v) is 6.59. The topological polar surface area (TPSA) is 3.24 Å². The summed E-state index contributed by atoms with van der Waals surface area (Å²) in [4.78, 5) is 2.51. The van der Waals surface area contributed by atoms with Gasteiger partial charge >= 0.3 is 0 Å². The zero-order valence-electron chi connectivity index (χ0n) is 6.59. The Labute approximate surface area is 62.7 Å². The van der Waals surface area contributed by atoms with Gasteiger partial charge in [0.1, 0.15) is 0 Å². The first-order valence-electron chi connectivity index (χ1n) is 4.25. The molecule has 1 heteroatoms. The third-order valence-electron chi connectivity index (χ3n) is 2.89. The van der Waals surface area contributed by atoms with Crippen LogP contribution in [-0.2, 0) is 0 Å². The van der Waals surface area contributed by atoms with E-state index in [1.165, 1.54) is 25.8 Å². The minimum absolute atomic E-state index is 0.880. The molecule has 0 radical (unpaired) electrons. The van der Waals surface area contributed by atoms with Gasteiger partial charge in [-0.3, -0.25) is 0 Å². The first kappa shape index (κ1) is 6.41. The molecular formula is C9H15N. The number of likely N-dealkylation sites (tertiary alicyclic amines) is 1. The van der Waals surface area contributed by atoms with Crippen molar-refractivity contribution >= 4 is 0 Å². The predicted octanol–water partition coefficient (Wildman–Crippen LogP) is 1.66. The Balaban J connectivity index is 2.12. The highest BCUT2D eigenvalue weighted by molar-refractivity contribution is 5.03. The summed E-state index contributed by atoms with van der Waals surface area (Å²) in [6, 6.07) is 0.880. The SMILES string of the molecule is CN1CCC2C=CCCC21. The Morgan fingerprint density at radius 3 is 3.10 bits per heavy atom. The Kier molecular flexibility index (Phi) is 1.53. The van der Waals surface area contributed by atoms with E-state index in [2.05, 4.69) is 24.1 Å². The van der Waals surface area contributed by atoms with Crippen molar-refractivity contribution in [2.75, 3.05) is 13.6 Å². The summed E-state index contributed by atoms with van der Waals surface area (Å²) in [5, 5.41) is 0. The van der Waals surface area contributed by atoms with Gasteiger partial charge in [-0.2, -0.15) is 0 Å². The van der Waals surface area contributed by atoms with Crippen LogP contribution in [0.25, 0.3) is 0 Å². The fourth-order valence-electron chi connectivity index (χ4n) is 2.23. The van der Waals surface area contributed by atoms with Crippen LogP contribution >= 0.6 is 0 Å². The minimum Gasteiger partial charge on any atom is -0.303 e. The van der Waals surface area contributed by atoms with Crippen LogP contribution in [0.3, 0.4) is 0 Å². The molecule has 0 spiro atoms. The van der Waals surface area contributed by atoms with Gasteiger partial charge in [-0.1, -0.05) is 12.2 Å². The van der Waals surface area contributed by atoms with Crippen molar-refractivity contribution in [1.29, 1.82) is 0 Å². The van der Waals surface area contributed by atoms with Crippen molar-refractivity contribution in [3.8, 4) is 0 Å². The average molecular weight is 137 g/mol. The Morgan fingerprint density at radius 2 is 2.30 bits per heavy atom. The Hall–Kier alpha value is -0.300. The van der Waals surface area contributed by atoms with E-state index in [0.29, 0.717) is 0 Å². The molecule has 2 aliphatic rings. The smallest absolute Gasteiger partial charge is 0.0158 e. The number of fused-ring (bicyclic) bond motifs is 1. The van der Waals surface area contributed by atoms with Crippen LogP contribution in [-0.4, -0.2) is 24.5 Å². The van der Waals surface area contributed by atoms with Gasteiger partial charge in [0.15, 0.2) is 0 Å². The van der Waals surface area contributed by atoms with E-state index in [4.69, 9.17) is 0 Å². The lowest BCUT2D eigenvalue weighted by atomic mass is 9.91. The summed E-state index contributed by atoms with van der Waals surface area (Å²) >= 11 is 0. The maximum atomic E-state index is 2.51. The van der Waals surface area contributed by atoms with Crippen LogP contribution in [0.4, 0.5) is 0 Å². The lowest BCUT2D eigenvalue weighted by Crippen LogP contribution is -2.29. The largest absolute Gasteiger partial charge is 0.303 e. The normalized spacial score (nSPS) is 40.1. The molecule has 10 heavy (non-hydrogen) atoms. The standard InChI is InChI=1S/C9H15N/c1-10-7-6-8-4-2-3-5-9(8)10/h2,4,8-9H,3,5-7H2,1H3. The second kappa shape index (κ2) is 2.39. The highest BCUT2D eigenvalue weighted by atomic mass is 15.2. The molecule has 1 aliphatic carbocycles. The quantitative estimate of drug-likeness (QED) is 0.459. The first-order valence-corrected chi connectivity index (χ1v) is 4.25. The number of hydrogen-bond acceptors (Lipinski definition) is 1. The number of allylic oxidation sites excluding steroid dienone is 1. The number of hydrogen-bond donors (Lipinski definition) is 0. The third-order valence-corrected chi connectivity index (χ3v) is 2.89. The van der Waals surface area contributed by atoms with E-state index in [0.717, 1.165) is 12.0 Å². The van der Waals surface area contributed by atoms with Crippen LogP contribution < -0.4 is 0 Å². The zero-order chi connectivity index (χ0) is 6.97. The van der Waals surface area contributed by atoms with Gasteiger partial charge in [-0.05, 0) is 38.8 Å². The number of rotatable bonds is 0. The van der Waals surface area contributed by atoms with E-state index < -0.39 is 0 Å². The van der Waals surface area contributed by atoms with E-state index >= 15 is 0 Å². The van der Waals surface area contributed by atoms with Gasteiger partial charge in [0.05, 0.1) is 0 Å². The van der Waals surface area contributed by atoms with Gasteiger partial charge in [0.2, 0.25) is 0 Å². The van der Waals surface area contributed by atoms with Crippen LogP contribution in [0, 0.1) is 5.92 Å². The average Bonchev–Trinajstić information content (AvgIpc) is 2.34. The third kappa shape index (κ3) is 0.891. The summed E-state index contributed by atoms with van der Waals surface area (Å²) < 4.78 is 0. The molecule has 0 aromatic rings. The molecule has 0 saturated carbocycles. The van der Waals surface area contributed by atoms with Gasteiger partial charge in [-0.25, -0.2) is 0 Å². The summed E-state index contributed by atoms with van der Waals surface area (Å²) in [5.74, 6) is 0.888. The van der Waals surface area contributed by atoms with Crippen molar-refractivity contribution in [2.24, 2.45) is 5.92 Å². The van der Waals surface area contributed by atoms with Gasteiger partial charge in [-0.15, -0.1) is 0 Å². The molecule has 0 aromatic heterocycles. The molecule has 1 heterocycles. The van der Waals surface area contributed by atoms with E-state index in [-0.39, 0.29) is 0 Å². The fraction of sp³-hybridized carbons (Fsp3) is 0.778. The lowest BCUT2D eigenvalue weighted by molar-refractivity contribution is 0.270. The van der Waals surface area contributed by atoms with Crippen molar-refractivity contribution in [1.82, 2.24) is 4.90 Å². The van der Waals surface area contributed by atoms with E-state index in [1.54, 1.807) is 0 Å². The molecule has 2 unspecified atom stereocenters.